The molecule has 1 heterocycles. The molecule has 0 bridgehead atoms. The number of halogens is 1. The number of fused-ring (bicyclic) bond motifs is 1. The van der Waals surface area contributed by atoms with Gasteiger partial charge in [0.1, 0.15) is 0 Å². The lowest BCUT2D eigenvalue weighted by atomic mass is 10.1. The highest BCUT2D eigenvalue weighted by molar-refractivity contribution is 6.31. The zero-order valence-corrected chi connectivity index (χ0v) is 9.17. The van der Waals surface area contributed by atoms with Gasteiger partial charge in [0, 0.05) is 29.7 Å². The topological polar surface area (TPSA) is 50.9 Å². The van der Waals surface area contributed by atoms with Crippen LogP contribution in [0.3, 0.4) is 0 Å². The average Bonchev–Trinajstić information content (AvgIpc) is 2.26. The molecule has 0 unspecified atom stereocenters. The smallest absolute Gasteiger partial charge is 0.0741 e. The summed E-state index contributed by atoms with van der Waals surface area (Å²) in [5, 5.41) is 4.87. The van der Waals surface area contributed by atoms with E-state index in [-0.39, 0.29) is 0 Å². The maximum Gasteiger partial charge on any atom is 0.0741 e. The van der Waals surface area contributed by atoms with Crippen molar-refractivity contribution in [2.24, 2.45) is 5.73 Å². The van der Waals surface area contributed by atoms with Crippen molar-refractivity contribution in [2.75, 3.05) is 12.4 Å². The summed E-state index contributed by atoms with van der Waals surface area (Å²) < 4.78 is 0. The zero-order chi connectivity index (χ0) is 10.8. The molecule has 2 aromatic rings. The van der Waals surface area contributed by atoms with Crippen LogP contribution in [0.2, 0.25) is 5.02 Å². The molecule has 3 N–H and O–H groups in total. The van der Waals surface area contributed by atoms with Gasteiger partial charge in [-0.25, -0.2) is 0 Å². The molecule has 1 aromatic heterocycles. The van der Waals surface area contributed by atoms with E-state index in [1.165, 1.54) is 0 Å². The fourth-order valence-corrected chi connectivity index (χ4v) is 1.73. The van der Waals surface area contributed by atoms with Gasteiger partial charge in [-0.3, -0.25) is 4.98 Å². The van der Waals surface area contributed by atoms with Gasteiger partial charge in [-0.1, -0.05) is 11.6 Å². The quantitative estimate of drug-likeness (QED) is 0.819. The van der Waals surface area contributed by atoms with E-state index in [9.17, 15) is 0 Å². The molecule has 0 saturated carbocycles. The molecule has 78 valence electrons. The third-order valence-electron chi connectivity index (χ3n) is 2.30. The number of hydrogen-bond acceptors (Lipinski definition) is 3. The van der Waals surface area contributed by atoms with Gasteiger partial charge in [0.05, 0.1) is 11.2 Å². The molecule has 0 saturated heterocycles. The predicted octanol–water partition coefficient (Wildman–Crippen LogP) is 2.39. The third kappa shape index (κ3) is 1.89. The number of rotatable bonds is 2. The molecule has 0 fully saturated rings. The third-order valence-corrected chi connectivity index (χ3v) is 2.54. The maximum atomic E-state index is 5.92. The van der Waals surface area contributed by atoms with Gasteiger partial charge in [-0.05, 0) is 24.3 Å². The lowest BCUT2D eigenvalue weighted by molar-refractivity contribution is 1.01. The summed E-state index contributed by atoms with van der Waals surface area (Å²) in [6.07, 6.45) is 0. The number of anilines is 1. The highest BCUT2D eigenvalue weighted by Crippen LogP contribution is 2.25. The van der Waals surface area contributed by atoms with Gasteiger partial charge in [0.25, 0.3) is 0 Å². The minimum atomic E-state index is 0.428. The lowest BCUT2D eigenvalue weighted by Gasteiger charge is -2.08. The number of nitrogens with one attached hydrogen (secondary N) is 1. The van der Waals surface area contributed by atoms with E-state index in [0.717, 1.165) is 22.3 Å². The summed E-state index contributed by atoms with van der Waals surface area (Å²) >= 11 is 5.92. The van der Waals surface area contributed by atoms with E-state index in [1.807, 2.05) is 31.3 Å². The fourth-order valence-electron chi connectivity index (χ4n) is 1.57. The minimum absolute atomic E-state index is 0.428. The molecule has 0 amide bonds. The van der Waals surface area contributed by atoms with Crippen molar-refractivity contribution < 1.29 is 0 Å². The van der Waals surface area contributed by atoms with Crippen LogP contribution in [-0.4, -0.2) is 12.0 Å². The molecule has 4 heteroatoms. The van der Waals surface area contributed by atoms with Crippen LogP contribution in [0.25, 0.3) is 10.9 Å². The Morgan fingerprint density at radius 3 is 2.87 bits per heavy atom. The number of hydrogen-bond donors (Lipinski definition) is 2. The second-order valence-corrected chi connectivity index (χ2v) is 3.71. The van der Waals surface area contributed by atoms with E-state index >= 15 is 0 Å². The van der Waals surface area contributed by atoms with E-state index in [4.69, 9.17) is 17.3 Å². The first-order valence-electron chi connectivity index (χ1n) is 4.71. The van der Waals surface area contributed by atoms with E-state index in [1.54, 1.807) is 0 Å². The largest absolute Gasteiger partial charge is 0.388 e. The van der Waals surface area contributed by atoms with E-state index < -0.39 is 0 Å². The molecule has 0 aliphatic heterocycles. The number of pyridine rings is 1. The van der Waals surface area contributed by atoms with Crippen LogP contribution >= 0.6 is 11.6 Å². The number of benzene rings is 1. The zero-order valence-electron chi connectivity index (χ0n) is 8.42. The summed E-state index contributed by atoms with van der Waals surface area (Å²) in [5.41, 5.74) is 8.33. The summed E-state index contributed by atoms with van der Waals surface area (Å²) in [5.74, 6) is 0. The van der Waals surface area contributed by atoms with Crippen LogP contribution in [0.5, 0.6) is 0 Å². The summed E-state index contributed by atoms with van der Waals surface area (Å²) in [7, 11) is 1.88. The Bertz CT molecular complexity index is 496. The Hall–Kier alpha value is -1.32. The van der Waals surface area contributed by atoms with Crippen LogP contribution in [0.15, 0.2) is 24.3 Å². The highest BCUT2D eigenvalue weighted by atomic mass is 35.5. The van der Waals surface area contributed by atoms with Crippen molar-refractivity contribution in [3.05, 3.63) is 35.0 Å². The van der Waals surface area contributed by atoms with Gasteiger partial charge in [-0.2, -0.15) is 0 Å². The SMILES string of the molecule is CNc1cc(CN)nc2cc(Cl)ccc12. The van der Waals surface area contributed by atoms with Crippen LogP contribution < -0.4 is 11.1 Å². The van der Waals surface area contributed by atoms with Crippen molar-refractivity contribution >= 4 is 28.2 Å². The minimum Gasteiger partial charge on any atom is -0.388 e. The molecule has 1 aromatic carbocycles. The summed E-state index contributed by atoms with van der Waals surface area (Å²) in [4.78, 5) is 4.41. The van der Waals surface area contributed by atoms with Crippen molar-refractivity contribution in [2.45, 2.75) is 6.54 Å². The van der Waals surface area contributed by atoms with Gasteiger partial charge < -0.3 is 11.1 Å². The predicted molar refractivity (Wildman–Crippen MR) is 64.2 cm³/mol. The van der Waals surface area contributed by atoms with Gasteiger partial charge in [0.15, 0.2) is 0 Å². The molecule has 0 spiro atoms. The van der Waals surface area contributed by atoms with Gasteiger partial charge in [-0.15, -0.1) is 0 Å². The molecular weight excluding hydrogens is 210 g/mol. The van der Waals surface area contributed by atoms with Crippen LogP contribution in [-0.2, 0) is 6.54 Å². The molecule has 0 aliphatic carbocycles. The number of nitrogens with two attached hydrogens (primary N) is 1. The second-order valence-electron chi connectivity index (χ2n) is 3.28. The normalized spacial score (nSPS) is 10.6. The fraction of sp³-hybridized carbons (Fsp3) is 0.182. The number of nitrogens with zero attached hydrogens (tertiary/aromatic N) is 1. The van der Waals surface area contributed by atoms with Crippen LogP contribution in [0, 0.1) is 0 Å². The van der Waals surface area contributed by atoms with Gasteiger partial charge >= 0.3 is 0 Å². The second kappa shape index (κ2) is 4.04. The van der Waals surface area contributed by atoms with Crippen LogP contribution in [0.1, 0.15) is 5.69 Å². The first-order valence-corrected chi connectivity index (χ1v) is 5.09. The van der Waals surface area contributed by atoms with Crippen molar-refractivity contribution in [3.63, 3.8) is 0 Å². The van der Waals surface area contributed by atoms with Gasteiger partial charge in [0.2, 0.25) is 0 Å². The standard InChI is InChI=1S/C11H12ClN3/c1-14-10-5-8(6-13)15-11-4-7(12)2-3-9(10)11/h2-5H,6,13H2,1H3,(H,14,15). The lowest BCUT2D eigenvalue weighted by Crippen LogP contribution is -2.01. The summed E-state index contributed by atoms with van der Waals surface area (Å²) in [6, 6.07) is 7.61. The van der Waals surface area contributed by atoms with Crippen LogP contribution in [0.4, 0.5) is 5.69 Å². The molecule has 0 aliphatic rings. The highest BCUT2D eigenvalue weighted by Gasteiger charge is 2.04. The monoisotopic (exact) mass is 221 g/mol. The van der Waals surface area contributed by atoms with Crippen molar-refractivity contribution in [3.8, 4) is 0 Å². The first kappa shape index (κ1) is 10.2. The Balaban J connectivity index is 2.74. The Morgan fingerprint density at radius 2 is 2.20 bits per heavy atom. The molecular formula is C11H12ClN3. The maximum absolute atomic E-state index is 5.92. The van der Waals surface area contributed by atoms with E-state index in [2.05, 4.69) is 10.3 Å². The molecule has 2 rings (SSSR count). The average molecular weight is 222 g/mol. The molecule has 3 nitrogen and oxygen atoms in total. The molecule has 0 atom stereocenters. The molecule has 15 heavy (non-hydrogen) atoms. The summed E-state index contributed by atoms with van der Waals surface area (Å²) in [6.45, 7) is 0.428. The number of aromatic nitrogens is 1. The Morgan fingerprint density at radius 1 is 1.40 bits per heavy atom. The molecule has 0 radical (unpaired) electrons. The Labute approximate surface area is 93.3 Å². The Kier molecular flexibility index (Phi) is 2.75. The van der Waals surface area contributed by atoms with Crippen molar-refractivity contribution in [1.29, 1.82) is 0 Å². The first-order chi connectivity index (χ1) is 7.24. The van der Waals surface area contributed by atoms with E-state index in [0.29, 0.717) is 11.6 Å². The van der Waals surface area contributed by atoms with Crippen molar-refractivity contribution in [1.82, 2.24) is 4.98 Å².